The Morgan fingerprint density at radius 3 is 2.14 bits per heavy atom. The van der Waals surface area contributed by atoms with Crippen LogP contribution in [0.15, 0.2) is 41.4 Å². The Kier molecular flexibility index (Phi) is 8.36. The minimum atomic E-state index is -0.830. The molecule has 0 aliphatic rings. The average Bonchev–Trinajstić information content (AvgIpc) is 3.40. The van der Waals surface area contributed by atoms with Gasteiger partial charge in [-0.15, -0.1) is 22.7 Å². The number of nitrogens with zero attached hydrogens (tertiary/aromatic N) is 1. The molecule has 2 aromatic heterocycles. The molecule has 36 heavy (non-hydrogen) atoms. The summed E-state index contributed by atoms with van der Waals surface area (Å²) in [6, 6.07) is 8.35. The van der Waals surface area contributed by atoms with E-state index in [-0.39, 0.29) is 11.1 Å². The summed E-state index contributed by atoms with van der Waals surface area (Å²) in [4.78, 5) is 4.69. The minimum Gasteiger partial charge on any atom is -0.205 e. The van der Waals surface area contributed by atoms with Gasteiger partial charge in [0.25, 0.3) is 0 Å². The lowest BCUT2D eigenvalue weighted by molar-refractivity contribution is 0.577. The van der Waals surface area contributed by atoms with Gasteiger partial charge in [0.1, 0.15) is 17.3 Å². The number of rotatable bonds is 5. The Bertz CT molecular complexity index is 1540. The third-order valence-electron chi connectivity index (χ3n) is 5.16. The molecule has 180 valence electrons. The fourth-order valence-corrected chi connectivity index (χ4v) is 5.74. The highest BCUT2D eigenvalue weighted by molar-refractivity contribution is 7.78. The van der Waals surface area contributed by atoms with Crippen molar-refractivity contribution in [3.05, 3.63) is 75.7 Å². The van der Waals surface area contributed by atoms with Crippen LogP contribution in [0.3, 0.4) is 0 Å². The monoisotopic (exact) mass is 539 g/mol. The molecule has 0 saturated heterocycles. The quantitative estimate of drug-likeness (QED) is 0.0809. The van der Waals surface area contributed by atoms with Gasteiger partial charge in [0.2, 0.25) is 0 Å². The van der Waals surface area contributed by atoms with Crippen molar-refractivity contribution >= 4 is 55.1 Å². The SMILES string of the molecule is CCCCCC#Cc1cc(F)c(C#Cc2cc3sc(-c4cc(F)c(N=C=S)c(F)c4)cc3s2)c(F)c1. The molecular formula is C28H17F4NS3. The molecule has 0 aliphatic carbocycles. The lowest BCUT2D eigenvalue weighted by atomic mass is 10.1. The molecule has 8 heteroatoms. The molecule has 0 atom stereocenters. The Balaban J connectivity index is 1.55. The molecule has 0 amide bonds. The summed E-state index contributed by atoms with van der Waals surface area (Å²) >= 11 is 7.07. The van der Waals surface area contributed by atoms with Gasteiger partial charge in [0, 0.05) is 26.3 Å². The van der Waals surface area contributed by atoms with Crippen molar-refractivity contribution in [2.45, 2.75) is 32.6 Å². The Hall–Kier alpha value is -3.26. The number of thiocarbonyl (C=S) groups is 1. The van der Waals surface area contributed by atoms with Crippen LogP contribution in [0, 0.1) is 47.0 Å². The second-order valence-corrected chi connectivity index (χ2v) is 10.1. The normalized spacial score (nSPS) is 10.4. The zero-order valence-electron chi connectivity index (χ0n) is 19.0. The zero-order valence-corrected chi connectivity index (χ0v) is 21.4. The van der Waals surface area contributed by atoms with Gasteiger partial charge in [-0.25, -0.2) is 17.6 Å². The van der Waals surface area contributed by atoms with Crippen LogP contribution in [-0.2, 0) is 0 Å². The molecule has 4 aromatic rings. The predicted molar refractivity (Wildman–Crippen MR) is 143 cm³/mol. The third kappa shape index (κ3) is 5.93. The first kappa shape index (κ1) is 25.8. The van der Waals surface area contributed by atoms with Gasteiger partial charge in [-0.3, -0.25) is 0 Å². The first-order valence-electron chi connectivity index (χ1n) is 11.0. The largest absolute Gasteiger partial charge is 0.205 e. The van der Waals surface area contributed by atoms with Gasteiger partial charge >= 0.3 is 0 Å². The molecule has 0 saturated carbocycles. The number of benzene rings is 2. The van der Waals surface area contributed by atoms with Crippen LogP contribution in [0.4, 0.5) is 23.2 Å². The molecule has 1 nitrogen and oxygen atoms in total. The van der Waals surface area contributed by atoms with Crippen LogP contribution < -0.4 is 0 Å². The van der Waals surface area contributed by atoms with Crippen molar-refractivity contribution in [1.29, 1.82) is 0 Å². The van der Waals surface area contributed by atoms with Gasteiger partial charge in [-0.2, -0.15) is 4.99 Å². The molecule has 0 unspecified atom stereocenters. The maximum absolute atomic E-state index is 14.5. The lowest BCUT2D eigenvalue weighted by Gasteiger charge is -2.02. The molecule has 2 aromatic carbocycles. The molecule has 0 bridgehead atoms. The van der Waals surface area contributed by atoms with Crippen LogP contribution in [0.25, 0.3) is 19.8 Å². The Labute approximate surface area is 219 Å². The second-order valence-electron chi connectivity index (χ2n) is 7.77. The van der Waals surface area contributed by atoms with E-state index in [1.54, 1.807) is 12.1 Å². The molecular weight excluding hydrogens is 523 g/mol. The summed E-state index contributed by atoms with van der Waals surface area (Å²) in [5.74, 6) is 7.96. The predicted octanol–water partition coefficient (Wildman–Crippen LogP) is 9.25. The molecule has 0 aliphatic heterocycles. The number of thiophene rings is 2. The number of hydrogen-bond acceptors (Lipinski definition) is 4. The molecule has 0 fully saturated rings. The van der Waals surface area contributed by atoms with Gasteiger partial charge in [0.15, 0.2) is 11.6 Å². The van der Waals surface area contributed by atoms with Crippen molar-refractivity contribution in [2.75, 3.05) is 0 Å². The first-order valence-corrected chi connectivity index (χ1v) is 13.0. The molecule has 2 heterocycles. The van der Waals surface area contributed by atoms with E-state index in [9.17, 15) is 17.6 Å². The molecule has 0 spiro atoms. The van der Waals surface area contributed by atoms with E-state index in [0.29, 0.717) is 21.7 Å². The summed E-state index contributed by atoms with van der Waals surface area (Å²) in [6.45, 7) is 2.10. The summed E-state index contributed by atoms with van der Waals surface area (Å²) in [5, 5.41) is 1.96. The summed E-state index contributed by atoms with van der Waals surface area (Å²) in [5.41, 5.74) is -0.136. The summed E-state index contributed by atoms with van der Waals surface area (Å²) in [7, 11) is 0. The summed E-state index contributed by atoms with van der Waals surface area (Å²) < 4.78 is 59.0. The number of halogens is 4. The molecule has 4 rings (SSSR count). The van der Waals surface area contributed by atoms with Gasteiger partial charge in [0.05, 0.1) is 15.6 Å². The third-order valence-corrected chi connectivity index (χ3v) is 7.51. The van der Waals surface area contributed by atoms with Crippen LogP contribution in [-0.4, -0.2) is 5.16 Å². The smallest absolute Gasteiger partial charge is 0.153 e. The second kappa shape index (κ2) is 11.6. The molecule has 0 N–H and O–H groups in total. The fourth-order valence-electron chi connectivity index (χ4n) is 3.42. The Morgan fingerprint density at radius 1 is 0.806 bits per heavy atom. The van der Waals surface area contributed by atoms with Crippen molar-refractivity contribution < 1.29 is 17.6 Å². The maximum Gasteiger partial charge on any atom is 0.153 e. The molecule has 0 radical (unpaired) electrons. The van der Waals surface area contributed by atoms with E-state index in [1.807, 2.05) is 5.16 Å². The fraction of sp³-hybridized carbons (Fsp3) is 0.179. The Morgan fingerprint density at radius 2 is 1.50 bits per heavy atom. The minimum absolute atomic E-state index is 0.284. The first-order chi connectivity index (χ1) is 17.4. The van der Waals surface area contributed by atoms with E-state index >= 15 is 0 Å². The van der Waals surface area contributed by atoms with Crippen LogP contribution in [0.5, 0.6) is 0 Å². The number of isothiocyanates is 1. The van der Waals surface area contributed by atoms with E-state index in [1.165, 1.54) is 46.9 Å². The highest BCUT2D eigenvalue weighted by Crippen LogP contribution is 2.39. The van der Waals surface area contributed by atoms with Crippen molar-refractivity contribution in [3.63, 3.8) is 0 Å². The highest BCUT2D eigenvalue weighted by Gasteiger charge is 2.14. The van der Waals surface area contributed by atoms with E-state index in [2.05, 4.69) is 47.8 Å². The maximum atomic E-state index is 14.5. The van der Waals surface area contributed by atoms with Crippen LogP contribution in [0.1, 0.15) is 48.6 Å². The lowest BCUT2D eigenvalue weighted by Crippen LogP contribution is -1.92. The van der Waals surface area contributed by atoms with Crippen molar-refractivity contribution in [1.82, 2.24) is 0 Å². The van der Waals surface area contributed by atoms with Gasteiger partial charge < -0.3 is 0 Å². The zero-order chi connectivity index (χ0) is 25.7. The van der Waals surface area contributed by atoms with E-state index < -0.39 is 29.0 Å². The number of aliphatic imine (C=N–C) groups is 1. The number of unbranched alkanes of at least 4 members (excludes halogenated alkanes) is 3. The van der Waals surface area contributed by atoms with E-state index in [4.69, 9.17) is 0 Å². The van der Waals surface area contributed by atoms with Crippen LogP contribution >= 0.6 is 34.9 Å². The van der Waals surface area contributed by atoms with Gasteiger partial charge in [-0.05, 0) is 60.6 Å². The highest BCUT2D eigenvalue weighted by atomic mass is 32.1. The van der Waals surface area contributed by atoms with Crippen molar-refractivity contribution in [2.24, 2.45) is 4.99 Å². The van der Waals surface area contributed by atoms with Crippen LogP contribution in [0.2, 0.25) is 0 Å². The topological polar surface area (TPSA) is 12.4 Å². The van der Waals surface area contributed by atoms with E-state index in [0.717, 1.165) is 28.7 Å². The number of fused-ring (bicyclic) bond motifs is 1. The van der Waals surface area contributed by atoms with Gasteiger partial charge in [-0.1, -0.05) is 43.4 Å². The standard InChI is InChI=1S/C28H17F4NS3/c1-2-3-4-5-6-7-17-10-21(29)20(22(30)11-17)9-8-19-14-26-27(35-19)15-25(36-26)18-12-23(31)28(33-16-34)24(32)13-18/h10-15H,2-5H2,1H3. The van der Waals surface area contributed by atoms with Crippen molar-refractivity contribution in [3.8, 4) is 34.1 Å². The summed E-state index contributed by atoms with van der Waals surface area (Å²) in [6.07, 6.45) is 3.80. The average molecular weight is 540 g/mol. The number of hydrogen-bond donors (Lipinski definition) is 0.